The highest BCUT2D eigenvalue weighted by Crippen LogP contribution is 2.26. The van der Waals surface area contributed by atoms with E-state index in [-0.39, 0.29) is 13.2 Å². The molecule has 0 spiro atoms. The monoisotopic (exact) mass is 241 g/mol. The van der Waals surface area contributed by atoms with Crippen LogP contribution in [-0.4, -0.2) is 53.1 Å². The van der Waals surface area contributed by atoms with Crippen LogP contribution in [0.2, 0.25) is 0 Å². The SMILES string of the molecule is OCCN(CC(F)(F)F)[C@@H]1CCCC[C@H]1O. The maximum absolute atomic E-state index is 12.3. The Morgan fingerprint density at radius 3 is 2.31 bits per heavy atom. The molecule has 1 saturated carbocycles. The highest BCUT2D eigenvalue weighted by Gasteiger charge is 2.36. The van der Waals surface area contributed by atoms with Gasteiger partial charge in [-0.05, 0) is 12.8 Å². The van der Waals surface area contributed by atoms with Gasteiger partial charge < -0.3 is 10.2 Å². The molecule has 2 atom stereocenters. The van der Waals surface area contributed by atoms with Crippen LogP contribution in [0.3, 0.4) is 0 Å². The molecule has 0 aromatic carbocycles. The first kappa shape index (κ1) is 13.7. The van der Waals surface area contributed by atoms with Crippen LogP contribution in [0.4, 0.5) is 13.2 Å². The first-order chi connectivity index (χ1) is 7.44. The van der Waals surface area contributed by atoms with Crippen molar-refractivity contribution < 1.29 is 23.4 Å². The Balaban J connectivity index is 2.60. The van der Waals surface area contributed by atoms with Crippen molar-refractivity contribution in [3.63, 3.8) is 0 Å². The zero-order valence-electron chi connectivity index (χ0n) is 9.08. The van der Waals surface area contributed by atoms with Gasteiger partial charge in [0.2, 0.25) is 0 Å². The van der Waals surface area contributed by atoms with E-state index in [9.17, 15) is 18.3 Å². The van der Waals surface area contributed by atoms with E-state index in [1.165, 1.54) is 0 Å². The van der Waals surface area contributed by atoms with Crippen molar-refractivity contribution in [2.45, 2.75) is 44.0 Å². The lowest BCUT2D eigenvalue weighted by Crippen LogP contribution is -2.50. The lowest BCUT2D eigenvalue weighted by Gasteiger charge is -2.37. The third-order valence-electron chi connectivity index (χ3n) is 2.93. The lowest BCUT2D eigenvalue weighted by molar-refractivity contribution is -0.158. The minimum atomic E-state index is -4.29. The molecule has 1 aliphatic rings. The number of hydrogen-bond donors (Lipinski definition) is 2. The van der Waals surface area contributed by atoms with Crippen molar-refractivity contribution in [3.05, 3.63) is 0 Å². The molecular weight excluding hydrogens is 223 g/mol. The van der Waals surface area contributed by atoms with Crippen LogP contribution in [0.25, 0.3) is 0 Å². The largest absolute Gasteiger partial charge is 0.401 e. The van der Waals surface area contributed by atoms with E-state index in [1.54, 1.807) is 0 Å². The van der Waals surface area contributed by atoms with Crippen molar-refractivity contribution in [1.29, 1.82) is 0 Å². The summed E-state index contributed by atoms with van der Waals surface area (Å²) in [6.45, 7) is -1.42. The summed E-state index contributed by atoms with van der Waals surface area (Å²) in [4.78, 5) is 1.14. The van der Waals surface area contributed by atoms with Gasteiger partial charge >= 0.3 is 6.18 Å². The Labute approximate surface area is 92.9 Å². The summed E-state index contributed by atoms with van der Waals surface area (Å²) in [5.74, 6) is 0. The standard InChI is InChI=1S/C10H18F3NO2/c11-10(12,13)7-14(5-6-15)8-3-1-2-4-9(8)16/h8-9,15-16H,1-7H2/t8-,9-/m1/s1. The molecule has 0 aromatic heterocycles. The van der Waals surface area contributed by atoms with Gasteiger partial charge in [-0.25, -0.2) is 0 Å². The second kappa shape index (κ2) is 5.84. The molecule has 0 aromatic rings. The number of aliphatic hydroxyl groups is 2. The number of hydrogen-bond acceptors (Lipinski definition) is 3. The van der Waals surface area contributed by atoms with Crippen LogP contribution in [0, 0.1) is 0 Å². The zero-order chi connectivity index (χ0) is 12.2. The van der Waals surface area contributed by atoms with E-state index in [2.05, 4.69) is 0 Å². The number of nitrogens with zero attached hydrogens (tertiary/aromatic N) is 1. The van der Waals surface area contributed by atoms with E-state index in [0.717, 1.165) is 17.7 Å². The normalized spacial score (nSPS) is 27.4. The van der Waals surface area contributed by atoms with Crippen molar-refractivity contribution in [2.75, 3.05) is 19.7 Å². The summed E-state index contributed by atoms with van der Waals surface area (Å²) >= 11 is 0. The van der Waals surface area contributed by atoms with E-state index < -0.39 is 24.9 Å². The molecule has 1 aliphatic carbocycles. The average Bonchev–Trinajstić information content (AvgIpc) is 2.16. The Morgan fingerprint density at radius 1 is 1.19 bits per heavy atom. The van der Waals surface area contributed by atoms with Gasteiger partial charge in [-0.1, -0.05) is 12.8 Å². The number of aliphatic hydroxyl groups excluding tert-OH is 2. The minimum Gasteiger partial charge on any atom is -0.395 e. The van der Waals surface area contributed by atoms with Crippen LogP contribution in [0.5, 0.6) is 0 Å². The van der Waals surface area contributed by atoms with Gasteiger partial charge in [0.1, 0.15) is 0 Å². The second-order valence-electron chi connectivity index (χ2n) is 4.23. The van der Waals surface area contributed by atoms with Crippen molar-refractivity contribution >= 4 is 0 Å². The van der Waals surface area contributed by atoms with Crippen molar-refractivity contribution in [3.8, 4) is 0 Å². The summed E-state index contributed by atoms with van der Waals surface area (Å²) in [5, 5.41) is 18.4. The highest BCUT2D eigenvalue weighted by molar-refractivity contribution is 4.84. The number of alkyl halides is 3. The second-order valence-corrected chi connectivity index (χ2v) is 4.23. The zero-order valence-corrected chi connectivity index (χ0v) is 9.08. The van der Waals surface area contributed by atoms with Gasteiger partial charge in [-0.15, -0.1) is 0 Å². The van der Waals surface area contributed by atoms with E-state index in [4.69, 9.17) is 5.11 Å². The van der Waals surface area contributed by atoms with Crippen LogP contribution < -0.4 is 0 Å². The maximum Gasteiger partial charge on any atom is 0.401 e. The van der Waals surface area contributed by atoms with Gasteiger partial charge in [-0.2, -0.15) is 13.2 Å². The van der Waals surface area contributed by atoms with Crippen LogP contribution in [0.1, 0.15) is 25.7 Å². The topological polar surface area (TPSA) is 43.7 Å². The highest BCUT2D eigenvalue weighted by atomic mass is 19.4. The molecule has 0 aliphatic heterocycles. The molecule has 0 amide bonds. The van der Waals surface area contributed by atoms with Gasteiger partial charge in [0.15, 0.2) is 0 Å². The molecule has 0 bridgehead atoms. The van der Waals surface area contributed by atoms with Gasteiger partial charge in [-0.3, -0.25) is 4.90 Å². The Kier molecular flexibility index (Phi) is 5.01. The average molecular weight is 241 g/mol. The number of rotatable bonds is 4. The minimum absolute atomic E-state index is 0.0404. The third-order valence-corrected chi connectivity index (χ3v) is 2.93. The molecule has 16 heavy (non-hydrogen) atoms. The molecular formula is C10H18F3NO2. The van der Waals surface area contributed by atoms with Crippen LogP contribution >= 0.6 is 0 Å². The molecule has 0 saturated heterocycles. The molecule has 6 heteroatoms. The molecule has 2 N–H and O–H groups in total. The molecule has 0 unspecified atom stereocenters. The summed E-state index contributed by atoms with van der Waals surface area (Å²) < 4.78 is 36.9. The Morgan fingerprint density at radius 2 is 1.81 bits per heavy atom. The summed E-state index contributed by atoms with van der Waals surface area (Å²) in [5.41, 5.74) is 0. The summed E-state index contributed by atoms with van der Waals surface area (Å²) in [6.07, 6.45) is -2.19. The van der Waals surface area contributed by atoms with Gasteiger partial charge in [0, 0.05) is 12.6 Å². The van der Waals surface area contributed by atoms with Crippen molar-refractivity contribution in [2.24, 2.45) is 0 Å². The summed E-state index contributed by atoms with van der Waals surface area (Å²) in [6, 6.07) is -0.470. The van der Waals surface area contributed by atoms with Crippen LogP contribution in [-0.2, 0) is 0 Å². The fourth-order valence-corrected chi connectivity index (χ4v) is 2.24. The Hall–Kier alpha value is -0.330. The smallest absolute Gasteiger partial charge is 0.395 e. The van der Waals surface area contributed by atoms with E-state index >= 15 is 0 Å². The van der Waals surface area contributed by atoms with E-state index in [1.807, 2.05) is 0 Å². The molecule has 0 radical (unpaired) electrons. The first-order valence-electron chi connectivity index (χ1n) is 5.54. The maximum atomic E-state index is 12.3. The molecule has 0 heterocycles. The van der Waals surface area contributed by atoms with E-state index in [0.29, 0.717) is 12.8 Å². The molecule has 3 nitrogen and oxygen atoms in total. The first-order valence-corrected chi connectivity index (χ1v) is 5.54. The quantitative estimate of drug-likeness (QED) is 0.776. The van der Waals surface area contributed by atoms with Gasteiger partial charge in [0.05, 0.1) is 19.3 Å². The summed E-state index contributed by atoms with van der Waals surface area (Å²) in [7, 11) is 0. The lowest BCUT2D eigenvalue weighted by atomic mass is 9.91. The Bertz CT molecular complexity index is 211. The number of halogens is 3. The third kappa shape index (κ3) is 4.27. The van der Waals surface area contributed by atoms with Crippen LogP contribution in [0.15, 0.2) is 0 Å². The van der Waals surface area contributed by atoms with Gasteiger partial charge in [0.25, 0.3) is 0 Å². The fraction of sp³-hybridized carbons (Fsp3) is 1.00. The molecule has 1 rings (SSSR count). The predicted molar refractivity (Wildman–Crippen MR) is 53.0 cm³/mol. The fourth-order valence-electron chi connectivity index (χ4n) is 2.24. The predicted octanol–water partition coefficient (Wildman–Crippen LogP) is 1.15. The van der Waals surface area contributed by atoms with Crippen molar-refractivity contribution in [1.82, 2.24) is 4.90 Å². The molecule has 1 fully saturated rings. The molecule has 96 valence electrons.